The lowest BCUT2D eigenvalue weighted by Crippen LogP contribution is -2.61. The first kappa shape index (κ1) is 13.3. The minimum atomic E-state index is -0.928. The summed E-state index contributed by atoms with van der Waals surface area (Å²) in [6.45, 7) is 0. The van der Waals surface area contributed by atoms with Gasteiger partial charge in [0.2, 0.25) is 6.04 Å². The monoisotopic (exact) mass is 290 g/mol. The van der Waals surface area contributed by atoms with E-state index in [4.69, 9.17) is 0 Å². The first-order valence-corrected chi connectivity index (χ1v) is 6.56. The highest BCUT2D eigenvalue weighted by Gasteiger charge is 2.47. The molecule has 2 aliphatic carbocycles. The Morgan fingerprint density at radius 1 is 1.24 bits per heavy atom. The molecule has 0 bridgehead atoms. The molecule has 3 rings (SSSR count). The average molecular weight is 290 g/mol. The first-order chi connectivity index (χ1) is 10.0. The number of nitro groups is 1. The molecule has 8 nitrogen and oxygen atoms in total. The van der Waals surface area contributed by atoms with Crippen LogP contribution in [0.1, 0.15) is 0 Å². The summed E-state index contributed by atoms with van der Waals surface area (Å²) in [5, 5.41) is 19.3. The summed E-state index contributed by atoms with van der Waals surface area (Å²) in [6.07, 6.45) is 6.85. The Morgan fingerprint density at radius 2 is 2.00 bits per heavy atom. The van der Waals surface area contributed by atoms with Crippen molar-refractivity contribution in [3.8, 4) is 0 Å². The number of carbonyl (C=O) groups is 2. The van der Waals surface area contributed by atoms with Crippen molar-refractivity contribution in [3.63, 3.8) is 0 Å². The molecule has 110 valence electrons. The summed E-state index contributed by atoms with van der Waals surface area (Å²) < 4.78 is 0. The number of fused-ring (bicyclic) bond motifs is 3. The molecule has 3 aliphatic rings. The maximum Gasteiger partial charge on any atom is 0.313 e. The molecule has 8 heteroatoms. The molecule has 4 atom stereocenters. The summed E-state index contributed by atoms with van der Waals surface area (Å²) in [7, 11) is 1.75. The van der Waals surface area contributed by atoms with Crippen LogP contribution in [0.15, 0.2) is 35.7 Å². The fourth-order valence-electron chi connectivity index (χ4n) is 3.04. The zero-order valence-corrected chi connectivity index (χ0v) is 11.2. The lowest BCUT2D eigenvalue weighted by molar-refractivity contribution is -0.518. The lowest BCUT2D eigenvalue weighted by Gasteiger charge is -2.40. The SMILES string of the molecule is CNC1=CC2C3NC(=O)C(=O)NC3=CC([N+](=O)[O-])C2C=C1. The maximum absolute atomic E-state index is 11.6. The highest BCUT2D eigenvalue weighted by Crippen LogP contribution is 2.36. The molecule has 1 aliphatic heterocycles. The van der Waals surface area contributed by atoms with Crippen LogP contribution in [0.4, 0.5) is 0 Å². The van der Waals surface area contributed by atoms with Crippen LogP contribution in [0.2, 0.25) is 0 Å². The third-order valence-corrected chi connectivity index (χ3v) is 4.06. The predicted octanol–water partition coefficient (Wildman–Crippen LogP) is -0.951. The number of likely N-dealkylation sites (N-methyl/N-ethyl adjacent to an activating group) is 1. The van der Waals surface area contributed by atoms with Crippen molar-refractivity contribution in [1.82, 2.24) is 16.0 Å². The van der Waals surface area contributed by atoms with Crippen LogP contribution >= 0.6 is 0 Å². The van der Waals surface area contributed by atoms with E-state index >= 15 is 0 Å². The van der Waals surface area contributed by atoms with Crippen LogP contribution < -0.4 is 16.0 Å². The van der Waals surface area contributed by atoms with Gasteiger partial charge in [0, 0.05) is 35.4 Å². The van der Waals surface area contributed by atoms with E-state index in [1.54, 1.807) is 19.2 Å². The van der Waals surface area contributed by atoms with Crippen LogP contribution in [0.5, 0.6) is 0 Å². The van der Waals surface area contributed by atoms with E-state index in [-0.39, 0.29) is 16.8 Å². The Bertz CT molecular complexity index is 622. The Morgan fingerprint density at radius 3 is 2.67 bits per heavy atom. The van der Waals surface area contributed by atoms with E-state index in [9.17, 15) is 19.7 Å². The number of piperazine rings is 1. The van der Waals surface area contributed by atoms with Gasteiger partial charge in [0.1, 0.15) is 0 Å². The molecule has 21 heavy (non-hydrogen) atoms. The number of nitrogens with zero attached hydrogens (tertiary/aromatic N) is 1. The molecule has 0 radical (unpaired) electrons. The molecule has 1 fully saturated rings. The van der Waals surface area contributed by atoms with Gasteiger partial charge >= 0.3 is 11.8 Å². The molecule has 1 heterocycles. The summed E-state index contributed by atoms with van der Waals surface area (Å²) in [4.78, 5) is 33.9. The largest absolute Gasteiger partial charge is 0.388 e. The van der Waals surface area contributed by atoms with Crippen LogP contribution in [0.25, 0.3) is 0 Å². The van der Waals surface area contributed by atoms with Gasteiger partial charge in [-0.05, 0) is 6.08 Å². The van der Waals surface area contributed by atoms with Gasteiger partial charge in [-0.15, -0.1) is 0 Å². The van der Waals surface area contributed by atoms with Crippen LogP contribution in [0.3, 0.4) is 0 Å². The van der Waals surface area contributed by atoms with Gasteiger partial charge in [0.25, 0.3) is 0 Å². The second-order valence-corrected chi connectivity index (χ2v) is 5.19. The number of amides is 2. The van der Waals surface area contributed by atoms with E-state index < -0.39 is 23.9 Å². The third kappa shape index (κ3) is 2.08. The molecule has 0 saturated carbocycles. The van der Waals surface area contributed by atoms with Gasteiger partial charge < -0.3 is 16.0 Å². The molecular formula is C13H14N4O4. The van der Waals surface area contributed by atoms with Crippen molar-refractivity contribution in [2.75, 3.05) is 7.05 Å². The Kier molecular flexibility index (Phi) is 3.00. The summed E-state index contributed by atoms with van der Waals surface area (Å²) >= 11 is 0. The standard InChI is InChI=1S/C13H14N4O4/c1-14-6-2-3-7-8(4-6)11-9(5-10(7)17(20)21)15-12(18)13(19)16-11/h2-5,7-8,10-11,14H,1H3,(H,15,18)(H,16,19). The molecule has 0 aromatic carbocycles. The third-order valence-electron chi connectivity index (χ3n) is 4.06. The number of allylic oxidation sites excluding steroid dienone is 1. The second kappa shape index (κ2) is 4.72. The number of rotatable bonds is 2. The molecule has 2 amide bonds. The maximum atomic E-state index is 11.6. The van der Waals surface area contributed by atoms with Gasteiger partial charge in [-0.1, -0.05) is 12.2 Å². The molecular weight excluding hydrogens is 276 g/mol. The molecule has 4 unspecified atom stereocenters. The molecule has 0 spiro atoms. The zero-order valence-electron chi connectivity index (χ0n) is 11.2. The van der Waals surface area contributed by atoms with E-state index in [0.29, 0.717) is 5.70 Å². The average Bonchev–Trinajstić information content (AvgIpc) is 2.47. The van der Waals surface area contributed by atoms with E-state index in [1.165, 1.54) is 6.08 Å². The van der Waals surface area contributed by atoms with Crippen molar-refractivity contribution in [3.05, 3.63) is 45.8 Å². The number of nitrogens with one attached hydrogen (secondary N) is 3. The molecule has 1 saturated heterocycles. The van der Waals surface area contributed by atoms with Crippen LogP contribution in [-0.4, -0.2) is 35.9 Å². The number of hydrogen-bond acceptors (Lipinski definition) is 5. The van der Waals surface area contributed by atoms with Crippen molar-refractivity contribution < 1.29 is 14.5 Å². The Balaban J connectivity index is 2.04. The van der Waals surface area contributed by atoms with Gasteiger partial charge in [-0.3, -0.25) is 19.7 Å². The predicted molar refractivity (Wildman–Crippen MR) is 72.2 cm³/mol. The van der Waals surface area contributed by atoms with Gasteiger partial charge in [-0.2, -0.15) is 0 Å². The van der Waals surface area contributed by atoms with Gasteiger partial charge in [0.05, 0.1) is 12.0 Å². The highest BCUT2D eigenvalue weighted by molar-refractivity contribution is 6.36. The van der Waals surface area contributed by atoms with E-state index in [1.807, 2.05) is 6.08 Å². The van der Waals surface area contributed by atoms with E-state index in [2.05, 4.69) is 16.0 Å². The van der Waals surface area contributed by atoms with Gasteiger partial charge in [-0.25, -0.2) is 0 Å². The first-order valence-electron chi connectivity index (χ1n) is 6.56. The smallest absolute Gasteiger partial charge is 0.313 e. The topological polar surface area (TPSA) is 113 Å². The lowest BCUT2D eigenvalue weighted by atomic mass is 9.72. The van der Waals surface area contributed by atoms with Crippen molar-refractivity contribution >= 4 is 11.8 Å². The molecule has 3 N–H and O–H groups in total. The molecule has 0 aromatic heterocycles. The summed E-state index contributed by atoms with van der Waals surface area (Å²) in [6, 6.07) is -1.38. The van der Waals surface area contributed by atoms with Crippen LogP contribution in [-0.2, 0) is 9.59 Å². The summed E-state index contributed by atoms with van der Waals surface area (Å²) in [5.41, 5.74) is 1.22. The van der Waals surface area contributed by atoms with Crippen molar-refractivity contribution in [2.45, 2.75) is 12.1 Å². The molecule has 0 aromatic rings. The van der Waals surface area contributed by atoms with Gasteiger partial charge in [0.15, 0.2) is 0 Å². The normalized spacial score (nSPS) is 33.8. The van der Waals surface area contributed by atoms with Crippen molar-refractivity contribution in [1.29, 1.82) is 0 Å². The fraction of sp³-hybridized carbons (Fsp3) is 0.385. The van der Waals surface area contributed by atoms with Crippen molar-refractivity contribution in [2.24, 2.45) is 11.8 Å². The van der Waals surface area contributed by atoms with Crippen LogP contribution in [0, 0.1) is 22.0 Å². The second-order valence-electron chi connectivity index (χ2n) is 5.19. The number of carbonyl (C=O) groups excluding carboxylic acids is 2. The van der Waals surface area contributed by atoms with E-state index in [0.717, 1.165) is 5.70 Å². The highest BCUT2D eigenvalue weighted by atomic mass is 16.6. The Labute approximate surface area is 120 Å². The zero-order chi connectivity index (χ0) is 15.1. The fourth-order valence-corrected chi connectivity index (χ4v) is 3.04. The number of hydrogen-bond donors (Lipinski definition) is 3. The minimum absolute atomic E-state index is 0.280. The summed E-state index contributed by atoms with van der Waals surface area (Å²) in [5.74, 6) is -2.15. The minimum Gasteiger partial charge on any atom is -0.388 e. The Hall–Kier alpha value is -2.64. The quantitative estimate of drug-likeness (QED) is 0.345.